The Kier molecular flexibility index (Phi) is 7.95. The van der Waals surface area contributed by atoms with Gasteiger partial charge >= 0.3 is 0 Å². The van der Waals surface area contributed by atoms with Crippen LogP contribution in [0.3, 0.4) is 0 Å². The summed E-state index contributed by atoms with van der Waals surface area (Å²) < 4.78 is 0. The molecule has 1 aliphatic rings. The molecule has 0 saturated carbocycles. The van der Waals surface area contributed by atoms with Crippen LogP contribution in [0.2, 0.25) is 0 Å². The van der Waals surface area contributed by atoms with Crippen LogP contribution in [0, 0.1) is 5.41 Å². The Hall–Kier alpha value is -2.22. The van der Waals surface area contributed by atoms with E-state index in [0.29, 0.717) is 0 Å². The van der Waals surface area contributed by atoms with Gasteiger partial charge in [0.1, 0.15) is 0 Å². The van der Waals surface area contributed by atoms with E-state index in [1.807, 2.05) is 27.1 Å². The second-order valence-corrected chi connectivity index (χ2v) is 7.63. The van der Waals surface area contributed by atoms with Crippen molar-refractivity contribution in [2.45, 2.75) is 48.5 Å². The van der Waals surface area contributed by atoms with Crippen LogP contribution in [0.15, 0.2) is 80.4 Å². The van der Waals surface area contributed by atoms with E-state index in [1.54, 1.807) is 0 Å². The van der Waals surface area contributed by atoms with Crippen LogP contribution in [0.4, 0.5) is 0 Å². The van der Waals surface area contributed by atoms with Gasteiger partial charge in [0, 0.05) is 25.2 Å². The van der Waals surface area contributed by atoms with Gasteiger partial charge in [0.15, 0.2) is 0 Å². The molecule has 1 aliphatic carbocycles. The third-order valence-electron chi connectivity index (χ3n) is 4.75. The lowest BCUT2D eigenvalue weighted by Crippen LogP contribution is -2.23. The predicted octanol–water partition coefficient (Wildman–Crippen LogP) is 6.46. The molecule has 0 aromatic rings. The van der Waals surface area contributed by atoms with Crippen molar-refractivity contribution in [3.8, 4) is 0 Å². The molecule has 0 N–H and O–H groups in total. The molecule has 0 aromatic carbocycles. The first-order valence-corrected chi connectivity index (χ1v) is 9.20. The second kappa shape index (κ2) is 9.47. The zero-order chi connectivity index (χ0) is 19.9. The maximum Gasteiger partial charge on any atom is 0.0903 e. The van der Waals surface area contributed by atoms with Gasteiger partial charge in [0.25, 0.3) is 0 Å². The first kappa shape index (κ1) is 21.8. The Balaban J connectivity index is 3.40. The molecule has 0 atom stereocenters. The first-order valence-electron chi connectivity index (χ1n) is 9.20. The van der Waals surface area contributed by atoms with E-state index in [-0.39, 0.29) is 5.41 Å². The molecule has 1 rings (SSSR count). The zero-order valence-corrected chi connectivity index (χ0v) is 17.9. The Morgan fingerprint density at radius 2 is 1.27 bits per heavy atom. The van der Waals surface area contributed by atoms with Gasteiger partial charge in [-0.3, -0.25) is 9.98 Å². The number of hydrogen-bond donors (Lipinski definition) is 0. The highest BCUT2D eigenvalue weighted by molar-refractivity contribution is 6.56. The van der Waals surface area contributed by atoms with Crippen molar-refractivity contribution in [3.63, 3.8) is 0 Å². The topological polar surface area (TPSA) is 24.7 Å². The summed E-state index contributed by atoms with van der Waals surface area (Å²) in [6, 6.07) is 0. The number of hydrogen-bond acceptors (Lipinski definition) is 2. The lowest BCUT2D eigenvalue weighted by atomic mass is 9.85. The Morgan fingerprint density at radius 1 is 0.808 bits per heavy atom. The molecule has 0 spiro atoms. The SMILES string of the molecule is C/C=C\C=C(/C)C1=CC=C(/C(C)=C/C=C(\C)C(C)(C)C)C(=NC)C1=NC. The Labute approximate surface area is 160 Å². The highest BCUT2D eigenvalue weighted by Gasteiger charge is 2.22. The Bertz CT molecular complexity index is 768. The quantitative estimate of drug-likeness (QED) is 0.411. The summed E-state index contributed by atoms with van der Waals surface area (Å²) in [7, 11) is 3.68. The van der Waals surface area contributed by atoms with Crippen molar-refractivity contribution in [1.82, 2.24) is 0 Å². The largest absolute Gasteiger partial charge is 0.286 e. The lowest BCUT2D eigenvalue weighted by molar-refractivity contribution is 0.504. The summed E-state index contributed by atoms with van der Waals surface area (Å²) in [6.45, 7) is 15.2. The minimum Gasteiger partial charge on any atom is -0.286 e. The van der Waals surface area contributed by atoms with Crippen LogP contribution in [-0.2, 0) is 0 Å². The third-order valence-corrected chi connectivity index (χ3v) is 4.75. The van der Waals surface area contributed by atoms with Crippen LogP contribution in [0.5, 0.6) is 0 Å². The van der Waals surface area contributed by atoms with Crippen LogP contribution in [-0.4, -0.2) is 25.5 Å². The monoisotopic (exact) mass is 350 g/mol. The highest BCUT2D eigenvalue weighted by atomic mass is 14.8. The van der Waals surface area contributed by atoms with Crippen LogP contribution < -0.4 is 0 Å². The van der Waals surface area contributed by atoms with Crippen molar-refractivity contribution in [2.24, 2.45) is 15.4 Å². The van der Waals surface area contributed by atoms with E-state index in [9.17, 15) is 0 Å². The van der Waals surface area contributed by atoms with Crippen molar-refractivity contribution < 1.29 is 0 Å². The van der Waals surface area contributed by atoms with Crippen molar-refractivity contribution in [1.29, 1.82) is 0 Å². The van der Waals surface area contributed by atoms with E-state index >= 15 is 0 Å². The van der Waals surface area contributed by atoms with E-state index < -0.39 is 0 Å². The molecule has 2 heteroatoms. The van der Waals surface area contributed by atoms with Gasteiger partial charge in [0.2, 0.25) is 0 Å². The molecule has 0 bridgehead atoms. The Morgan fingerprint density at radius 3 is 1.65 bits per heavy atom. The third kappa shape index (κ3) is 5.39. The average Bonchev–Trinajstić information content (AvgIpc) is 2.61. The fourth-order valence-corrected chi connectivity index (χ4v) is 2.59. The molecule has 0 unspecified atom stereocenters. The van der Waals surface area contributed by atoms with Crippen molar-refractivity contribution >= 4 is 11.4 Å². The smallest absolute Gasteiger partial charge is 0.0903 e. The second-order valence-electron chi connectivity index (χ2n) is 7.63. The molecule has 140 valence electrons. The minimum absolute atomic E-state index is 0.178. The van der Waals surface area contributed by atoms with Gasteiger partial charge in [-0.1, -0.05) is 68.9 Å². The molecule has 0 saturated heterocycles. The lowest BCUT2D eigenvalue weighted by Gasteiger charge is -2.21. The van der Waals surface area contributed by atoms with Gasteiger partial charge in [-0.15, -0.1) is 0 Å². The molecule has 0 amide bonds. The number of rotatable bonds is 4. The van der Waals surface area contributed by atoms with E-state index in [2.05, 4.69) is 88.0 Å². The summed E-state index contributed by atoms with van der Waals surface area (Å²) in [5.74, 6) is 0. The van der Waals surface area contributed by atoms with Gasteiger partial charge < -0.3 is 0 Å². The average molecular weight is 351 g/mol. The molecule has 2 nitrogen and oxygen atoms in total. The summed E-state index contributed by atoms with van der Waals surface area (Å²) >= 11 is 0. The van der Waals surface area contributed by atoms with Crippen LogP contribution in [0.25, 0.3) is 0 Å². The van der Waals surface area contributed by atoms with Gasteiger partial charge in [0.05, 0.1) is 11.4 Å². The zero-order valence-electron chi connectivity index (χ0n) is 17.9. The summed E-state index contributed by atoms with van der Waals surface area (Å²) in [5, 5.41) is 0. The van der Waals surface area contributed by atoms with Crippen molar-refractivity contribution in [3.05, 3.63) is 70.4 Å². The molecular weight excluding hydrogens is 316 g/mol. The van der Waals surface area contributed by atoms with Gasteiger partial charge in [-0.25, -0.2) is 0 Å². The van der Waals surface area contributed by atoms with E-state index in [1.165, 1.54) is 16.7 Å². The molecule has 0 heterocycles. The van der Waals surface area contributed by atoms with E-state index in [4.69, 9.17) is 0 Å². The molecular formula is C24H34N2. The van der Waals surface area contributed by atoms with Gasteiger partial charge in [-0.2, -0.15) is 0 Å². The standard InChI is InChI=1S/C24H34N2/c1-10-11-12-17(2)20-15-16-21(23(26-9)22(20)25-8)18(3)13-14-19(4)24(5,6)7/h10-16H,1-9H3/b11-10-,17-12+,18-13+,19-14+,25-22?,26-23?. The number of nitrogens with zero attached hydrogens (tertiary/aromatic N) is 2. The number of allylic oxidation sites excluding steroid dienone is 12. The summed E-state index contributed by atoms with van der Waals surface area (Å²) in [4.78, 5) is 9.11. The molecule has 26 heavy (non-hydrogen) atoms. The van der Waals surface area contributed by atoms with Crippen molar-refractivity contribution in [2.75, 3.05) is 14.1 Å². The van der Waals surface area contributed by atoms with E-state index in [0.717, 1.165) is 22.6 Å². The molecule has 0 radical (unpaired) electrons. The normalized spacial score (nSPS) is 20.9. The minimum atomic E-state index is 0.178. The predicted molar refractivity (Wildman–Crippen MR) is 118 cm³/mol. The maximum absolute atomic E-state index is 4.56. The fourth-order valence-electron chi connectivity index (χ4n) is 2.59. The number of aliphatic imine (C=N–C) groups is 2. The van der Waals surface area contributed by atoms with Crippen LogP contribution >= 0.6 is 0 Å². The summed E-state index contributed by atoms with van der Waals surface area (Å²) in [6.07, 6.45) is 14.9. The van der Waals surface area contributed by atoms with Gasteiger partial charge in [-0.05, 0) is 44.3 Å². The molecule has 0 aromatic heterocycles. The highest BCUT2D eigenvalue weighted by Crippen LogP contribution is 2.27. The van der Waals surface area contributed by atoms with Crippen LogP contribution in [0.1, 0.15) is 48.5 Å². The first-order chi connectivity index (χ1) is 12.2. The fraction of sp³-hybridized carbons (Fsp3) is 0.417. The molecule has 0 aliphatic heterocycles. The molecule has 0 fully saturated rings. The maximum atomic E-state index is 4.56. The summed E-state index contributed by atoms with van der Waals surface area (Å²) in [5.41, 5.74) is 8.08.